The monoisotopic (exact) mass is 315 g/mol. The van der Waals surface area contributed by atoms with Gasteiger partial charge in [-0.25, -0.2) is 0 Å². The van der Waals surface area contributed by atoms with Crippen molar-refractivity contribution < 1.29 is 0 Å². The average molecular weight is 316 g/mol. The Hall–Kier alpha value is -1.99. The molecule has 0 heterocycles. The molecule has 19 heavy (non-hydrogen) atoms. The zero-order chi connectivity index (χ0) is 13.8. The summed E-state index contributed by atoms with van der Waals surface area (Å²) in [6.45, 7) is 0.707. The van der Waals surface area contributed by atoms with Crippen LogP contribution in [0.15, 0.2) is 46.9 Å². The number of nitrogens with zero attached hydrogens (tertiary/aromatic N) is 2. The lowest BCUT2D eigenvalue weighted by atomic mass is 10.1. The molecule has 0 aliphatic carbocycles. The van der Waals surface area contributed by atoms with Crippen LogP contribution < -0.4 is 10.6 Å². The molecular weight excluding hydrogens is 302 g/mol. The first kappa shape index (κ1) is 13.4. The summed E-state index contributed by atoms with van der Waals surface area (Å²) in [5.41, 5.74) is 9.55. The van der Waals surface area contributed by atoms with Crippen LogP contribution in [0.5, 0.6) is 0 Å². The van der Waals surface area contributed by atoms with E-state index in [0.29, 0.717) is 12.1 Å². The zero-order valence-corrected chi connectivity index (χ0v) is 12.2. The second-order valence-corrected chi connectivity index (χ2v) is 5.18. The molecule has 2 aromatic carbocycles. The Morgan fingerprint density at radius 3 is 2.47 bits per heavy atom. The first-order chi connectivity index (χ1) is 9.11. The van der Waals surface area contributed by atoms with Crippen molar-refractivity contribution in [1.82, 2.24) is 0 Å². The van der Waals surface area contributed by atoms with Crippen molar-refractivity contribution in [3.8, 4) is 6.07 Å². The number of nitrogen functional groups attached to an aromatic ring is 1. The lowest BCUT2D eigenvalue weighted by molar-refractivity contribution is 0.921. The molecule has 4 heteroatoms. The van der Waals surface area contributed by atoms with E-state index in [0.717, 1.165) is 21.4 Å². The average Bonchev–Trinajstić information content (AvgIpc) is 2.43. The van der Waals surface area contributed by atoms with Crippen LogP contribution in [0.4, 0.5) is 11.4 Å². The van der Waals surface area contributed by atoms with E-state index in [1.54, 1.807) is 0 Å². The maximum atomic E-state index is 8.79. The molecule has 0 aliphatic rings. The third kappa shape index (κ3) is 3.07. The molecule has 0 atom stereocenters. The molecule has 0 bridgehead atoms. The molecule has 2 aromatic rings. The Bertz CT molecular complexity index is 594. The van der Waals surface area contributed by atoms with Gasteiger partial charge in [-0.15, -0.1) is 0 Å². The molecule has 0 unspecified atom stereocenters. The summed E-state index contributed by atoms with van der Waals surface area (Å²) >= 11 is 3.52. The lowest BCUT2D eigenvalue weighted by Gasteiger charge is -2.21. The SMILES string of the molecule is CN(Cc1c(N)cccc1Br)c1ccc(C#N)cc1. The summed E-state index contributed by atoms with van der Waals surface area (Å²) in [6.07, 6.45) is 0. The van der Waals surface area contributed by atoms with Gasteiger partial charge in [0.2, 0.25) is 0 Å². The fourth-order valence-electron chi connectivity index (χ4n) is 1.86. The molecule has 96 valence electrons. The van der Waals surface area contributed by atoms with Gasteiger partial charge in [0.05, 0.1) is 11.6 Å². The summed E-state index contributed by atoms with van der Waals surface area (Å²) in [5, 5.41) is 8.79. The first-order valence-corrected chi connectivity index (χ1v) is 6.65. The van der Waals surface area contributed by atoms with Gasteiger partial charge in [-0.1, -0.05) is 22.0 Å². The van der Waals surface area contributed by atoms with E-state index in [-0.39, 0.29) is 0 Å². The highest BCUT2D eigenvalue weighted by Crippen LogP contribution is 2.25. The molecule has 0 aliphatic heterocycles. The molecule has 0 aromatic heterocycles. The third-order valence-corrected chi connectivity index (χ3v) is 3.73. The van der Waals surface area contributed by atoms with Crippen LogP contribution >= 0.6 is 15.9 Å². The van der Waals surface area contributed by atoms with Crippen molar-refractivity contribution in [2.45, 2.75) is 6.54 Å². The maximum absolute atomic E-state index is 8.79. The van der Waals surface area contributed by atoms with Gasteiger partial charge in [0.25, 0.3) is 0 Å². The number of anilines is 2. The summed E-state index contributed by atoms with van der Waals surface area (Å²) < 4.78 is 1.01. The van der Waals surface area contributed by atoms with Crippen molar-refractivity contribution >= 4 is 27.3 Å². The van der Waals surface area contributed by atoms with Crippen LogP contribution in [0, 0.1) is 11.3 Å². The summed E-state index contributed by atoms with van der Waals surface area (Å²) in [4.78, 5) is 2.09. The van der Waals surface area contributed by atoms with Crippen LogP contribution in [0.2, 0.25) is 0 Å². The quantitative estimate of drug-likeness (QED) is 0.881. The van der Waals surface area contributed by atoms with Crippen LogP contribution in [0.25, 0.3) is 0 Å². The predicted molar refractivity (Wildman–Crippen MR) is 81.8 cm³/mol. The van der Waals surface area contributed by atoms with Crippen molar-refractivity contribution in [3.63, 3.8) is 0 Å². The van der Waals surface area contributed by atoms with Gasteiger partial charge in [-0.2, -0.15) is 5.26 Å². The minimum absolute atomic E-state index is 0.664. The minimum atomic E-state index is 0.664. The molecule has 0 amide bonds. The number of benzene rings is 2. The van der Waals surface area contributed by atoms with Crippen molar-refractivity contribution in [3.05, 3.63) is 58.1 Å². The fraction of sp³-hybridized carbons (Fsp3) is 0.133. The highest BCUT2D eigenvalue weighted by Gasteiger charge is 2.08. The second-order valence-electron chi connectivity index (χ2n) is 4.32. The largest absolute Gasteiger partial charge is 0.398 e. The van der Waals surface area contributed by atoms with Crippen molar-refractivity contribution in [2.24, 2.45) is 0 Å². The van der Waals surface area contributed by atoms with E-state index >= 15 is 0 Å². The van der Waals surface area contributed by atoms with E-state index < -0.39 is 0 Å². The fourth-order valence-corrected chi connectivity index (χ4v) is 2.37. The Kier molecular flexibility index (Phi) is 4.08. The van der Waals surface area contributed by atoms with E-state index in [2.05, 4.69) is 26.9 Å². The predicted octanol–water partition coefficient (Wildman–Crippen LogP) is 3.54. The van der Waals surface area contributed by atoms with Gasteiger partial charge in [-0.3, -0.25) is 0 Å². The van der Waals surface area contributed by atoms with Gasteiger partial charge < -0.3 is 10.6 Å². The van der Waals surface area contributed by atoms with E-state index in [1.807, 2.05) is 49.5 Å². The van der Waals surface area contributed by atoms with Crippen molar-refractivity contribution in [1.29, 1.82) is 5.26 Å². The van der Waals surface area contributed by atoms with Gasteiger partial charge >= 0.3 is 0 Å². The Balaban J connectivity index is 2.21. The van der Waals surface area contributed by atoms with Crippen LogP contribution in [-0.4, -0.2) is 7.05 Å². The molecule has 2 rings (SSSR count). The summed E-state index contributed by atoms with van der Waals surface area (Å²) in [5.74, 6) is 0. The Labute approximate surface area is 121 Å². The highest BCUT2D eigenvalue weighted by atomic mass is 79.9. The van der Waals surface area contributed by atoms with Gasteiger partial charge in [0.15, 0.2) is 0 Å². The molecule has 0 saturated carbocycles. The van der Waals surface area contributed by atoms with Gasteiger partial charge in [-0.05, 0) is 36.4 Å². The van der Waals surface area contributed by atoms with Gasteiger partial charge in [0.1, 0.15) is 0 Å². The summed E-state index contributed by atoms with van der Waals surface area (Å²) in [7, 11) is 2.00. The molecule has 2 N–H and O–H groups in total. The van der Waals surface area contributed by atoms with Crippen LogP contribution in [-0.2, 0) is 6.54 Å². The third-order valence-electron chi connectivity index (χ3n) is 2.99. The Morgan fingerprint density at radius 2 is 1.89 bits per heavy atom. The molecule has 0 saturated heterocycles. The smallest absolute Gasteiger partial charge is 0.0991 e. The molecule has 0 fully saturated rings. The minimum Gasteiger partial charge on any atom is -0.398 e. The number of hydrogen-bond donors (Lipinski definition) is 1. The Morgan fingerprint density at radius 1 is 1.21 bits per heavy atom. The second kappa shape index (κ2) is 5.77. The van der Waals surface area contributed by atoms with Crippen LogP contribution in [0.3, 0.4) is 0 Å². The number of nitriles is 1. The van der Waals surface area contributed by atoms with E-state index in [4.69, 9.17) is 11.0 Å². The zero-order valence-electron chi connectivity index (χ0n) is 10.6. The number of halogens is 1. The molecule has 0 spiro atoms. The standard InChI is InChI=1S/C15H14BrN3/c1-19(12-7-5-11(9-17)6-8-12)10-13-14(16)3-2-4-15(13)18/h2-8H,10,18H2,1H3. The normalized spacial score (nSPS) is 9.95. The molecule has 3 nitrogen and oxygen atoms in total. The van der Waals surface area contributed by atoms with E-state index in [9.17, 15) is 0 Å². The van der Waals surface area contributed by atoms with Crippen LogP contribution in [0.1, 0.15) is 11.1 Å². The topological polar surface area (TPSA) is 53.0 Å². The number of nitrogens with two attached hydrogens (primary N) is 1. The number of hydrogen-bond acceptors (Lipinski definition) is 3. The highest BCUT2D eigenvalue weighted by molar-refractivity contribution is 9.10. The van der Waals surface area contributed by atoms with Gasteiger partial charge in [0, 0.05) is 35.0 Å². The maximum Gasteiger partial charge on any atom is 0.0991 e. The summed E-state index contributed by atoms with van der Waals surface area (Å²) in [6, 6.07) is 15.4. The number of rotatable bonds is 3. The first-order valence-electron chi connectivity index (χ1n) is 5.86. The lowest BCUT2D eigenvalue weighted by Crippen LogP contribution is -2.17. The molecule has 0 radical (unpaired) electrons. The van der Waals surface area contributed by atoms with E-state index in [1.165, 1.54) is 0 Å². The van der Waals surface area contributed by atoms with Crippen molar-refractivity contribution in [2.75, 3.05) is 17.7 Å². The molecular formula is C15H14BrN3.